The number of unbranched alkanes of at least 4 members (excludes halogenated alkanes) is 1. The minimum atomic E-state index is -0.0583. The molecule has 0 bridgehead atoms. The molecular formula is C57H85BrO2. The molecule has 0 saturated heterocycles. The maximum atomic E-state index is 12.2. The lowest BCUT2D eigenvalue weighted by Crippen LogP contribution is -2.17. The summed E-state index contributed by atoms with van der Waals surface area (Å²) in [6.07, 6.45) is 11.0. The number of hydrogen-bond acceptors (Lipinski definition) is 2. The van der Waals surface area contributed by atoms with Crippen LogP contribution in [0.4, 0.5) is 0 Å². The first kappa shape index (κ1) is 53.0. The van der Waals surface area contributed by atoms with Crippen LogP contribution in [0.2, 0.25) is 0 Å². The number of rotatable bonds is 22. The third-order valence-electron chi connectivity index (χ3n) is 13.1. The van der Waals surface area contributed by atoms with Gasteiger partial charge >= 0.3 is 5.97 Å². The number of hydrogen-bond donors (Lipinski definition) is 0. The smallest absolute Gasteiger partial charge is 0.308 e. The Kier molecular flexibility index (Phi) is 23.3. The summed E-state index contributed by atoms with van der Waals surface area (Å²) in [6.45, 7) is 27.9. The molecule has 0 aliphatic heterocycles. The van der Waals surface area contributed by atoms with Crippen molar-refractivity contribution in [1.29, 1.82) is 0 Å². The van der Waals surface area contributed by atoms with Crippen molar-refractivity contribution in [2.45, 2.75) is 184 Å². The van der Waals surface area contributed by atoms with Gasteiger partial charge in [-0.15, -0.1) is 0 Å². The van der Waals surface area contributed by atoms with Crippen molar-refractivity contribution in [2.75, 3.05) is 6.61 Å². The van der Waals surface area contributed by atoms with Gasteiger partial charge in [-0.1, -0.05) is 220 Å². The van der Waals surface area contributed by atoms with E-state index >= 15 is 0 Å². The summed E-state index contributed by atoms with van der Waals surface area (Å²) in [5, 5.41) is 0.929. The van der Waals surface area contributed by atoms with Crippen LogP contribution in [0.15, 0.2) is 97.1 Å². The summed E-state index contributed by atoms with van der Waals surface area (Å²) in [6, 6.07) is 36.5. The van der Waals surface area contributed by atoms with Crippen molar-refractivity contribution in [3.63, 3.8) is 0 Å². The Morgan fingerprint density at radius 1 is 0.600 bits per heavy atom. The van der Waals surface area contributed by atoms with Gasteiger partial charge in [0.25, 0.3) is 0 Å². The second-order valence-electron chi connectivity index (χ2n) is 19.5. The quantitative estimate of drug-likeness (QED) is 0.0447. The van der Waals surface area contributed by atoms with Gasteiger partial charge in [-0.05, 0) is 127 Å². The lowest BCUT2D eigenvalue weighted by Gasteiger charge is -2.31. The average Bonchev–Trinajstić information content (AvgIpc) is 3.23. The van der Waals surface area contributed by atoms with Crippen molar-refractivity contribution >= 4 is 21.9 Å². The number of ether oxygens (including phenoxy) is 1. The van der Waals surface area contributed by atoms with Crippen LogP contribution in [-0.4, -0.2) is 12.6 Å². The highest BCUT2D eigenvalue weighted by atomic mass is 79.9. The van der Waals surface area contributed by atoms with Crippen LogP contribution in [0.25, 0.3) is 0 Å². The van der Waals surface area contributed by atoms with Crippen LogP contribution in [-0.2, 0) is 21.3 Å². The van der Waals surface area contributed by atoms with Crippen LogP contribution in [0.1, 0.15) is 203 Å². The van der Waals surface area contributed by atoms with E-state index in [9.17, 15) is 4.79 Å². The molecule has 5 unspecified atom stereocenters. The van der Waals surface area contributed by atoms with E-state index < -0.39 is 0 Å². The molecule has 5 atom stereocenters. The lowest BCUT2D eigenvalue weighted by atomic mass is 9.74. The van der Waals surface area contributed by atoms with Crippen molar-refractivity contribution < 1.29 is 9.53 Å². The Bertz CT molecular complexity index is 1750. The average molecular weight is 882 g/mol. The molecule has 0 radical (unpaired) electrons. The first-order valence-corrected chi connectivity index (χ1v) is 24.1. The second kappa shape index (κ2) is 26.3. The third kappa shape index (κ3) is 18.4. The number of alkyl halides is 1. The van der Waals surface area contributed by atoms with Gasteiger partial charge in [0, 0.05) is 5.33 Å². The van der Waals surface area contributed by atoms with Crippen LogP contribution in [0.5, 0.6) is 0 Å². The first-order chi connectivity index (χ1) is 28.0. The van der Waals surface area contributed by atoms with Crippen LogP contribution >= 0.6 is 15.9 Å². The monoisotopic (exact) mass is 881 g/mol. The van der Waals surface area contributed by atoms with E-state index in [0.717, 1.165) is 37.4 Å². The summed E-state index contributed by atoms with van der Waals surface area (Å²) in [5.74, 6) is 2.14. The Morgan fingerprint density at radius 2 is 0.983 bits per heavy atom. The molecule has 0 heterocycles. The summed E-state index contributed by atoms with van der Waals surface area (Å²) >= 11 is 3.56. The standard InChI is InChI=1S/C32H48O2.C24H33Br.CH4/c1-8-10-21-34-31(33)25(4)13-14-27-15-19-29(20-16-27)30(23-32(6,7)9-2)22-26(5)28-17-11-24(3)12-18-28;1-6-24(4,5)16-23(22-13-9-20(17-25)10-14-22)15-19(3)21-11-7-18(2)8-12-21;/h11-12,15-20,25-26,30H,8-10,13-14,21-23H2,1-7H3;7-14,19,23H,6,15-17H2,1-5H3;1H4. The van der Waals surface area contributed by atoms with E-state index in [1.807, 2.05) is 6.92 Å². The number of carbonyl (C=O) groups is 1. The lowest BCUT2D eigenvalue weighted by molar-refractivity contribution is -0.148. The number of esters is 1. The fraction of sp³-hybridized carbons (Fsp3) is 0.561. The molecule has 0 aromatic heterocycles. The van der Waals surface area contributed by atoms with Crippen LogP contribution in [0.3, 0.4) is 0 Å². The third-order valence-corrected chi connectivity index (χ3v) is 13.8. The van der Waals surface area contributed by atoms with Crippen molar-refractivity contribution in [3.8, 4) is 0 Å². The molecule has 2 nitrogen and oxygen atoms in total. The number of aryl methyl sites for hydroxylation is 3. The topological polar surface area (TPSA) is 26.3 Å². The molecule has 0 aliphatic carbocycles. The number of carbonyl (C=O) groups excluding carboxylic acids is 1. The normalized spacial score (nSPS) is 14.2. The van der Waals surface area contributed by atoms with Gasteiger partial charge in [0.15, 0.2) is 0 Å². The molecular weight excluding hydrogens is 797 g/mol. The fourth-order valence-electron chi connectivity index (χ4n) is 8.01. The SMILES string of the molecule is C.CCC(C)(C)CC(CC(C)c1ccc(C)cc1)c1ccc(CBr)cc1.CCCCOC(=O)C(C)CCc1ccc(C(CC(C)c2ccc(C)cc2)CC(C)(C)CC)cc1. The predicted octanol–water partition coefficient (Wildman–Crippen LogP) is 17.6. The van der Waals surface area contributed by atoms with E-state index in [0.29, 0.717) is 41.1 Å². The highest BCUT2D eigenvalue weighted by molar-refractivity contribution is 9.08. The molecule has 4 aromatic carbocycles. The van der Waals surface area contributed by atoms with E-state index in [2.05, 4.69) is 189 Å². The minimum absolute atomic E-state index is 0. The second-order valence-corrected chi connectivity index (χ2v) is 20.1. The number of halogens is 1. The summed E-state index contributed by atoms with van der Waals surface area (Å²) in [4.78, 5) is 12.2. The van der Waals surface area contributed by atoms with Gasteiger partial charge < -0.3 is 4.74 Å². The zero-order valence-corrected chi connectivity index (χ0v) is 40.9. The van der Waals surface area contributed by atoms with Crippen LogP contribution in [0, 0.1) is 30.6 Å². The molecule has 60 heavy (non-hydrogen) atoms. The molecule has 3 heteroatoms. The van der Waals surface area contributed by atoms with Gasteiger partial charge in [0.1, 0.15) is 0 Å². The molecule has 0 saturated carbocycles. The Balaban J connectivity index is 0.000000425. The van der Waals surface area contributed by atoms with Crippen molar-refractivity contribution in [3.05, 3.63) is 142 Å². The van der Waals surface area contributed by atoms with Gasteiger partial charge in [-0.2, -0.15) is 0 Å². The Morgan fingerprint density at radius 3 is 1.35 bits per heavy atom. The van der Waals surface area contributed by atoms with E-state index in [-0.39, 0.29) is 19.3 Å². The van der Waals surface area contributed by atoms with Crippen molar-refractivity contribution in [2.24, 2.45) is 16.7 Å². The van der Waals surface area contributed by atoms with E-state index in [4.69, 9.17) is 4.74 Å². The highest BCUT2D eigenvalue weighted by Gasteiger charge is 2.26. The molecule has 4 aromatic rings. The minimum Gasteiger partial charge on any atom is -0.465 e. The molecule has 0 spiro atoms. The maximum absolute atomic E-state index is 12.2. The Labute approximate surface area is 378 Å². The molecule has 0 N–H and O–H groups in total. The highest BCUT2D eigenvalue weighted by Crippen LogP contribution is 2.41. The van der Waals surface area contributed by atoms with Gasteiger partial charge in [0.2, 0.25) is 0 Å². The number of benzene rings is 4. The first-order valence-electron chi connectivity index (χ1n) is 23.0. The largest absolute Gasteiger partial charge is 0.465 e. The molecule has 332 valence electrons. The molecule has 4 rings (SSSR count). The van der Waals surface area contributed by atoms with E-state index in [1.54, 1.807) is 0 Å². The molecule has 0 fully saturated rings. The van der Waals surface area contributed by atoms with Gasteiger partial charge in [0.05, 0.1) is 12.5 Å². The Hall–Kier alpha value is -3.17. The van der Waals surface area contributed by atoms with Gasteiger partial charge in [-0.25, -0.2) is 0 Å². The summed E-state index contributed by atoms with van der Waals surface area (Å²) in [5.41, 5.74) is 11.8. The van der Waals surface area contributed by atoms with Gasteiger partial charge in [-0.3, -0.25) is 4.79 Å². The van der Waals surface area contributed by atoms with Crippen molar-refractivity contribution in [1.82, 2.24) is 0 Å². The molecule has 0 amide bonds. The fourth-order valence-corrected chi connectivity index (χ4v) is 8.38. The maximum Gasteiger partial charge on any atom is 0.308 e. The predicted molar refractivity (Wildman–Crippen MR) is 267 cm³/mol. The molecule has 0 aliphatic rings. The summed E-state index contributed by atoms with van der Waals surface area (Å²) < 4.78 is 5.38. The zero-order valence-electron chi connectivity index (χ0n) is 39.3. The van der Waals surface area contributed by atoms with Crippen LogP contribution < -0.4 is 0 Å². The summed E-state index contributed by atoms with van der Waals surface area (Å²) in [7, 11) is 0. The van der Waals surface area contributed by atoms with E-state index in [1.165, 1.54) is 76.6 Å². The zero-order chi connectivity index (χ0) is 43.6.